The van der Waals surface area contributed by atoms with Crippen LogP contribution in [0.3, 0.4) is 0 Å². The predicted molar refractivity (Wildman–Crippen MR) is 108 cm³/mol. The topological polar surface area (TPSA) is 75.7 Å². The number of Topliss-reactive ketones (excluding diaryl/α,β-unsaturated/α-hetero) is 1. The van der Waals surface area contributed by atoms with Crippen LogP contribution in [-0.4, -0.2) is 53.5 Å². The fourth-order valence-electron chi connectivity index (χ4n) is 4.89. The van der Waals surface area contributed by atoms with Gasteiger partial charge in [-0.15, -0.1) is 0 Å². The van der Waals surface area contributed by atoms with E-state index in [9.17, 15) is 31.9 Å². The average molecular weight is 468 g/mol. The van der Waals surface area contributed by atoms with Gasteiger partial charge >= 0.3 is 6.18 Å². The SMILES string of the molecule is CC1(C)CC(=O)C2=C(C1)N(CC1CCCO1)C(=O)C2(NC(=O)c1ccccc1F)C(F)(F)F. The first kappa shape index (κ1) is 23.4. The molecule has 1 aliphatic carbocycles. The second-order valence-corrected chi connectivity index (χ2v) is 9.50. The second-order valence-electron chi connectivity index (χ2n) is 9.50. The molecule has 1 aromatic rings. The van der Waals surface area contributed by atoms with Crippen molar-refractivity contribution < 1.29 is 36.7 Å². The van der Waals surface area contributed by atoms with Gasteiger partial charge in [-0.2, -0.15) is 13.2 Å². The fourth-order valence-corrected chi connectivity index (χ4v) is 4.89. The highest BCUT2D eigenvalue weighted by atomic mass is 19.4. The molecule has 1 N–H and O–H groups in total. The Balaban J connectivity index is 1.85. The van der Waals surface area contributed by atoms with Crippen molar-refractivity contribution in [2.45, 2.75) is 57.3 Å². The number of carbonyl (C=O) groups is 3. The number of halogens is 4. The predicted octanol–water partition coefficient (Wildman–Crippen LogP) is 3.52. The molecule has 10 heteroatoms. The van der Waals surface area contributed by atoms with Crippen molar-refractivity contribution in [1.29, 1.82) is 0 Å². The van der Waals surface area contributed by atoms with Crippen LogP contribution in [0.1, 0.15) is 49.9 Å². The third-order valence-electron chi connectivity index (χ3n) is 6.37. The lowest BCUT2D eigenvalue weighted by atomic mass is 9.72. The van der Waals surface area contributed by atoms with E-state index in [1.54, 1.807) is 19.2 Å². The van der Waals surface area contributed by atoms with E-state index in [2.05, 4.69) is 0 Å². The van der Waals surface area contributed by atoms with Crippen LogP contribution in [0.4, 0.5) is 17.6 Å². The second kappa shape index (κ2) is 7.93. The maximum Gasteiger partial charge on any atom is 0.425 e. The Morgan fingerprint density at radius 1 is 1.21 bits per heavy atom. The van der Waals surface area contributed by atoms with Gasteiger partial charge in [-0.05, 0) is 36.8 Å². The van der Waals surface area contributed by atoms with Crippen molar-refractivity contribution in [3.63, 3.8) is 0 Å². The summed E-state index contributed by atoms with van der Waals surface area (Å²) in [5.41, 5.74) is -5.75. The summed E-state index contributed by atoms with van der Waals surface area (Å²) in [7, 11) is 0. The number of hydrogen-bond acceptors (Lipinski definition) is 4. The van der Waals surface area contributed by atoms with Gasteiger partial charge in [0.15, 0.2) is 5.78 Å². The molecule has 1 fully saturated rings. The number of ether oxygens (including phenoxy) is 1. The summed E-state index contributed by atoms with van der Waals surface area (Å²) in [6.07, 6.45) is -4.73. The molecular formula is C23H24F4N2O4. The molecule has 0 spiro atoms. The Morgan fingerprint density at radius 2 is 1.91 bits per heavy atom. The van der Waals surface area contributed by atoms with Gasteiger partial charge in [0, 0.05) is 18.7 Å². The van der Waals surface area contributed by atoms with Crippen LogP contribution < -0.4 is 5.32 Å². The summed E-state index contributed by atoms with van der Waals surface area (Å²) < 4.78 is 63.8. The number of nitrogens with one attached hydrogen (secondary N) is 1. The number of benzene rings is 1. The van der Waals surface area contributed by atoms with Crippen LogP contribution in [0, 0.1) is 11.2 Å². The zero-order chi connectivity index (χ0) is 24.2. The molecule has 2 amide bonds. The molecule has 0 aromatic heterocycles. The molecule has 33 heavy (non-hydrogen) atoms. The molecule has 2 aliphatic heterocycles. The quantitative estimate of drug-likeness (QED) is 0.687. The van der Waals surface area contributed by atoms with E-state index in [1.165, 1.54) is 12.1 Å². The molecule has 3 aliphatic rings. The van der Waals surface area contributed by atoms with Gasteiger partial charge < -0.3 is 15.0 Å². The van der Waals surface area contributed by atoms with E-state index in [-0.39, 0.29) is 25.1 Å². The molecule has 178 valence electrons. The molecule has 6 nitrogen and oxygen atoms in total. The minimum absolute atomic E-state index is 0.0416. The van der Waals surface area contributed by atoms with Crippen molar-refractivity contribution in [3.8, 4) is 0 Å². The number of rotatable bonds is 4. The first-order valence-corrected chi connectivity index (χ1v) is 10.7. The molecule has 0 saturated carbocycles. The van der Waals surface area contributed by atoms with Crippen molar-refractivity contribution in [2.24, 2.45) is 5.41 Å². The summed E-state index contributed by atoms with van der Waals surface area (Å²) in [4.78, 5) is 40.3. The molecule has 2 atom stereocenters. The molecule has 2 heterocycles. The number of hydrogen-bond donors (Lipinski definition) is 1. The van der Waals surface area contributed by atoms with Crippen LogP contribution in [0.15, 0.2) is 35.5 Å². The first-order valence-electron chi connectivity index (χ1n) is 10.7. The molecule has 2 unspecified atom stereocenters. The minimum Gasteiger partial charge on any atom is -0.376 e. The van der Waals surface area contributed by atoms with Gasteiger partial charge in [0.2, 0.25) is 5.54 Å². The summed E-state index contributed by atoms with van der Waals surface area (Å²) >= 11 is 0. The first-order chi connectivity index (χ1) is 15.4. The highest BCUT2D eigenvalue weighted by molar-refractivity contribution is 6.14. The van der Waals surface area contributed by atoms with Crippen LogP contribution >= 0.6 is 0 Å². The van der Waals surface area contributed by atoms with E-state index in [0.29, 0.717) is 19.4 Å². The Labute approximate surface area is 187 Å². The normalized spacial score (nSPS) is 27.2. The maximum atomic E-state index is 14.7. The van der Waals surface area contributed by atoms with E-state index >= 15 is 0 Å². The van der Waals surface area contributed by atoms with Crippen LogP contribution in [0.5, 0.6) is 0 Å². The third kappa shape index (κ3) is 3.84. The summed E-state index contributed by atoms with van der Waals surface area (Å²) in [6, 6.07) is 4.51. The fraction of sp³-hybridized carbons (Fsp3) is 0.522. The van der Waals surface area contributed by atoms with E-state index in [0.717, 1.165) is 17.0 Å². The lowest BCUT2D eigenvalue weighted by Gasteiger charge is -2.35. The maximum absolute atomic E-state index is 14.7. The largest absolute Gasteiger partial charge is 0.425 e. The highest BCUT2D eigenvalue weighted by Crippen LogP contribution is 2.52. The number of ketones is 1. The van der Waals surface area contributed by atoms with Crippen molar-refractivity contribution in [3.05, 3.63) is 46.9 Å². The van der Waals surface area contributed by atoms with Gasteiger partial charge in [-0.1, -0.05) is 26.0 Å². The van der Waals surface area contributed by atoms with Crippen molar-refractivity contribution in [2.75, 3.05) is 13.2 Å². The van der Waals surface area contributed by atoms with E-state index < -0.39 is 57.8 Å². The Morgan fingerprint density at radius 3 is 2.52 bits per heavy atom. The standard InChI is InChI=1S/C23H24F4N2O4/c1-21(2)10-16-18(17(30)11-21)22(23(25,26)27,20(32)29(16)12-13-6-5-9-33-13)28-19(31)14-7-3-4-8-15(14)24/h3-4,7-8,13H,5-6,9-12H2,1-2H3,(H,28,31). The Kier molecular flexibility index (Phi) is 5.63. The highest BCUT2D eigenvalue weighted by Gasteiger charge is 2.71. The minimum atomic E-state index is -5.34. The molecule has 0 radical (unpaired) electrons. The lowest BCUT2D eigenvalue weighted by Crippen LogP contribution is -2.66. The zero-order valence-corrected chi connectivity index (χ0v) is 18.2. The Hall–Kier alpha value is -2.75. The van der Waals surface area contributed by atoms with Gasteiger partial charge in [0.1, 0.15) is 5.82 Å². The summed E-state index contributed by atoms with van der Waals surface area (Å²) in [5.74, 6) is -4.80. The van der Waals surface area contributed by atoms with Gasteiger partial charge in [-0.3, -0.25) is 14.4 Å². The third-order valence-corrected chi connectivity index (χ3v) is 6.37. The number of allylic oxidation sites excluding steroid dienone is 1. The monoisotopic (exact) mass is 468 g/mol. The average Bonchev–Trinajstić information content (AvgIpc) is 3.28. The number of nitrogens with zero attached hydrogens (tertiary/aromatic N) is 1. The molecule has 1 saturated heterocycles. The zero-order valence-electron chi connectivity index (χ0n) is 18.2. The number of alkyl halides is 3. The van der Waals surface area contributed by atoms with Gasteiger partial charge in [0.25, 0.3) is 11.8 Å². The summed E-state index contributed by atoms with van der Waals surface area (Å²) in [5, 5.41) is 1.74. The summed E-state index contributed by atoms with van der Waals surface area (Å²) in [6.45, 7) is 3.73. The van der Waals surface area contributed by atoms with E-state index in [1.807, 2.05) is 0 Å². The molecular weight excluding hydrogens is 444 g/mol. The van der Waals surface area contributed by atoms with Crippen molar-refractivity contribution >= 4 is 17.6 Å². The van der Waals surface area contributed by atoms with Gasteiger partial charge in [-0.25, -0.2) is 4.39 Å². The number of amides is 2. The Bertz CT molecular complexity index is 1040. The van der Waals surface area contributed by atoms with Crippen LogP contribution in [-0.2, 0) is 14.3 Å². The molecule has 0 bridgehead atoms. The molecule has 1 aromatic carbocycles. The molecule has 4 rings (SSSR count). The smallest absolute Gasteiger partial charge is 0.376 e. The number of carbonyl (C=O) groups excluding carboxylic acids is 3. The van der Waals surface area contributed by atoms with Crippen LogP contribution in [0.25, 0.3) is 0 Å². The van der Waals surface area contributed by atoms with Gasteiger partial charge in [0.05, 0.1) is 23.8 Å². The van der Waals surface area contributed by atoms with E-state index in [4.69, 9.17) is 4.74 Å². The lowest BCUT2D eigenvalue weighted by molar-refractivity contribution is -0.191. The van der Waals surface area contributed by atoms with Crippen molar-refractivity contribution in [1.82, 2.24) is 10.2 Å². The van der Waals surface area contributed by atoms with Crippen LogP contribution in [0.2, 0.25) is 0 Å².